The number of hydrogen-bond donors (Lipinski definition) is 2. The van der Waals surface area contributed by atoms with Crippen LogP contribution in [0.4, 0.5) is 0 Å². The van der Waals surface area contributed by atoms with Crippen molar-refractivity contribution in [1.82, 2.24) is 0 Å². The van der Waals surface area contributed by atoms with E-state index in [4.69, 9.17) is 10.2 Å². The molecule has 5 nitrogen and oxygen atoms in total. The molecule has 1 aromatic heterocycles. The van der Waals surface area contributed by atoms with Crippen molar-refractivity contribution in [2.45, 2.75) is 33.3 Å². The molecule has 0 aliphatic heterocycles. The third-order valence-electron chi connectivity index (χ3n) is 3.50. The number of oxazole rings is 1. The number of aliphatic hydroxyl groups is 1. The van der Waals surface area contributed by atoms with Gasteiger partial charge in [-0.25, -0.2) is 0 Å². The van der Waals surface area contributed by atoms with Gasteiger partial charge in [-0.05, 0) is 26.3 Å². The largest absolute Gasteiger partial charge is 0.409 e. The lowest BCUT2D eigenvalue weighted by atomic mass is 9.82. The van der Waals surface area contributed by atoms with Crippen LogP contribution in [0.25, 0.3) is 0 Å². The van der Waals surface area contributed by atoms with Crippen molar-refractivity contribution in [3.8, 4) is 0 Å². The van der Waals surface area contributed by atoms with Crippen LogP contribution in [-0.2, 0) is 18.3 Å². The molecule has 0 aromatic carbocycles. The Morgan fingerprint density at radius 2 is 2.14 bits per heavy atom. The van der Waals surface area contributed by atoms with Gasteiger partial charge in [0, 0.05) is 6.42 Å². The number of hydrogen-bond acceptors (Lipinski definition) is 3. The molecule has 0 aliphatic rings. The fourth-order valence-corrected chi connectivity index (χ4v) is 1.87. The normalized spacial score (nSPS) is 14.9. The maximum Gasteiger partial charge on any atom is 0.334 e. The van der Waals surface area contributed by atoms with Gasteiger partial charge in [0.05, 0.1) is 11.5 Å². The molecule has 0 spiro atoms. The maximum atomic E-state index is 11.3. The van der Waals surface area contributed by atoms with Crippen LogP contribution in [0.1, 0.15) is 26.5 Å². The van der Waals surface area contributed by atoms with E-state index >= 15 is 0 Å². The Kier molecular flexibility index (Phi) is 6.31. The smallest absolute Gasteiger partial charge is 0.334 e. The van der Waals surface area contributed by atoms with Crippen LogP contribution in [0.3, 0.4) is 0 Å². The molecule has 1 heterocycles. The Morgan fingerprint density at radius 3 is 2.68 bits per heavy atom. The van der Waals surface area contributed by atoms with Crippen LogP contribution in [0.2, 0.25) is 0 Å². The van der Waals surface area contributed by atoms with Crippen molar-refractivity contribution < 1.29 is 18.9 Å². The molecular formula is C17H25N2O3+. The number of carbonyl (C=O) groups excluding carboxylic acids is 1. The molecule has 1 rings (SSSR count). The topological polar surface area (TPSA) is 80.3 Å². The second kappa shape index (κ2) is 7.75. The van der Waals surface area contributed by atoms with E-state index < -0.39 is 17.4 Å². The monoisotopic (exact) mass is 305 g/mol. The number of aliphatic hydroxyl groups excluding tert-OH is 1. The number of aryl methyl sites for hydroxylation is 1. The van der Waals surface area contributed by atoms with Gasteiger partial charge in [0.15, 0.2) is 5.76 Å². The molecule has 22 heavy (non-hydrogen) atoms. The highest BCUT2D eigenvalue weighted by molar-refractivity contribution is 5.81. The molecule has 0 saturated carbocycles. The zero-order chi connectivity index (χ0) is 16.8. The van der Waals surface area contributed by atoms with Crippen molar-refractivity contribution in [2.75, 3.05) is 0 Å². The van der Waals surface area contributed by atoms with Gasteiger partial charge in [0.25, 0.3) is 0 Å². The lowest BCUT2D eigenvalue weighted by molar-refractivity contribution is -0.674. The quantitative estimate of drug-likeness (QED) is 0.593. The number of allylic oxidation sites excluding steroid dienone is 5. The summed E-state index contributed by atoms with van der Waals surface area (Å²) in [5, 5.41) is 10.1. The van der Waals surface area contributed by atoms with Gasteiger partial charge in [-0.1, -0.05) is 30.4 Å². The van der Waals surface area contributed by atoms with Crippen LogP contribution in [0.5, 0.6) is 0 Å². The van der Waals surface area contributed by atoms with E-state index in [0.29, 0.717) is 12.0 Å². The minimum atomic E-state index is -0.987. The first-order valence-corrected chi connectivity index (χ1v) is 7.15. The molecule has 120 valence electrons. The fraction of sp³-hybridized carbons (Fsp3) is 0.412. The van der Waals surface area contributed by atoms with E-state index in [9.17, 15) is 9.90 Å². The number of nitrogens with zero attached hydrogens (tertiary/aromatic N) is 1. The van der Waals surface area contributed by atoms with Crippen molar-refractivity contribution in [3.63, 3.8) is 0 Å². The predicted octanol–water partition coefficient (Wildman–Crippen LogP) is 1.58. The van der Waals surface area contributed by atoms with Gasteiger partial charge >= 0.3 is 6.39 Å². The maximum absolute atomic E-state index is 11.3. The summed E-state index contributed by atoms with van der Waals surface area (Å²) >= 11 is 0. The third-order valence-corrected chi connectivity index (χ3v) is 3.50. The summed E-state index contributed by atoms with van der Waals surface area (Å²) in [5.41, 5.74) is 4.99. The first-order chi connectivity index (χ1) is 10.2. The Morgan fingerprint density at radius 1 is 1.45 bits per heavy atom. The minimum Gasteiger partial charge on any atom is -0.409 e. The van der Waals surface area contributed by atoms with Crippen molar-refractivity contribution in [1.29, 1.82) is 0 Å². The van der Waals surface area contributed by atoms with Gasteiger partial charge in [0.2, 0.25) is 12.1 Å². The van der Waals surface area contributed by atoms with Gasteiger partial charge < -0.3 is 15.3 Å². The molecule has 0 unspecified atom stereocenters. The number of rotatable bonds is 7. The standard InChI is InChI=1S/C17H24N2O3/c1-13(15(20)17(2,3)16(18)21)9-7-5-6-8-10-14-11-19(4)12-22-14/h5-9,11-12,15,20H,10H2,1-4H3,(H-,18,21)/p+1/b7-5+,8-6+,13-9+/t15-/m1/s1. The van der Waals surface area contributed by atoms with Crippen LogP contribution in [-0.4, -0.2) is 17.1 Å². The first kappa shape index (κ1) is 17.9. The van der Waals surface area contributed by atoms with Gasteiger partial charge in [-0.3, -0.25) is 4.79 Å². The highest BCUT2D eigenvalue weighted by Crippen LogP contribution is 2.25. The Balaban J connectivity index is 2.54. The van der Waals surface area contributed by atoms with Gasteiger partial charge in [-0.15, -0.1) is 0 Å². The summed E-state index contributed by atoms with van der Waals surface area (Å²) in [6, 6.07) is 0. The molecule has 1 atom stereocenters. The van der Waals surface area contributed by atoms with E-state index in [0.717, 1.165) is 5.76 Å². The van der Waals surface area contributed by atoms with E-state index in [-0.39, 0.29) is 0 Å². The second-order valence-corrected chi connectivity index (χ2v) is 5.90. The molecule has 3 N–H and O–H groups in total. The summed E-state index contributed by atoms with van der Waals surface area (Å²) < 4.78 is 7.15. The van der Waals surface area contributed by atoms with Crippen molar-refractivity contribution in [3.05, 3.63) is 54.3 Å². The molecule has 5 heteroatoms. The zero-order valence-corrected chi connectivity index (χ0v) is 13.6. The molecule has 1 amide bonds. The Labute approximate surface area is 131 Å². The third kappa shape index (κ3) is 5.00. The van der Waals surface area contributed by atoms with Crippen LogP contribution >= 0.6 is 0 Å². The highest BCUT2D eigenvalue weighted by Gasteiger charge is 2.34. The molecule has 1 aromatic rings. The van der Waals surface area contributed by atoms with Crippen molar-refractivity contribution in [2.24, 2.45) is 18.2 Å². The molecular weight excluding hydrogens is 280 g/mol. The lowest BCUT2D eigenvalue weighted by Crippen LogP contribution is -2.42. The Bertz CT molecular complexity index is 595. The SMILES string of the molecule is C\C(=C/C=C/C=C/Cc1c[n+](C)co1)[C@@H](O)C(C)(C)C(N)=O. The van der Waals surface area contributed by atoms with Crippen LogP contribution in [0.15, 0.2) is 53.0 Å². The highest BCUT2D eigenvalue weighted by atomic mass is 16.3. The average Bonchev–Trinajstić information content (AvgIpc) is 2.86. The number of aromatic nitrogens is 1. The van der Waals surface area contributed by atoms with E-state index in [1.165, 1.54) is 0 Å². The number of primary amides is 1. The Hall–Kier alpha value is -2.14. The van der Waals surface area contributed by atoms with E-state index in [2.05, 4.69) is 0 Å². The summed E-state index contributed by atoms with van der Waals surface area (Å²) in [5.74, 6) is 0.362. The fourth-order valence-electron chi connectivity index (χ4n) is 1.87. The van der Waals surface area contributed by atoms with Crippen molar-refractivity contribution >= 4 is 5.91 Å². The number of amides is 1. The number of carbonyl (C=O) groups is 1. The molecule has 0 aliphatic carbocycles. The molecule has 0 radical (unpaired) electrons. The number of nitrogens with two attached hydrogens (primary N) is 1. The molecule has 0 fully saturated rings. The average molecular weight is 305 g/mol. The van der Waals surface area contributed by atoms with E-state index in [1.807, 2.05) is 42.1 Å². The predicted molar refractivity (Wildman–Crippen MR) is 84.6 cm³/mol. The molecule has 0 saturated heterocycles. The van der Waals surface area contributed by atoms with Gasteiger partial charge in [-0.2, -0.15) is 4.57 Å². The minimum absolute atomic E-state index is 0.525. The first-order valence-electron chi connectivity index (χ1n) is 7.15. The van der Waals surface area contributed by atoms with Crippen LogP contribution < -0.4 is 10.3 Å². The zero-order valence-electron chi connectivity index (χ0n) is 13.6. The van der Waals surface area contributed by atoms with E-state index in [1.54, 1.807) is 33.2 Å². The van der Waals surface area contributed by atoms with Gasteiger partial charge in [0.1, 0.15) is 7.05 Å². The lowest BCUT2D eigenvalue weighted by Gasteiger charge is -2.27. The van der Waals surface area contributed by atoms with Crippen LogP contribution in [0, 0.1) is 5.41 Å². The summed E-state index contributed by atoms with van der Waals surface area (Å²) in [6.07, 6.45) is 12.7. The summed E-state index contributed by atoms with van der Waals surface area (Å²) in [7, 11) is 1.91. The molecule has 0 bridgehead atoms. The summed E-state index contributed by atoms with van der Waals surface area (Å²) in [4.78, 5) is 11.3. The summed E-state index contributed by atoms with van der Waals surface area (Å²) in [6.45, 7) is 5.03. The second-order valence-electron chi connectivity index (χ2n) is 5.90.